The third-order valence-electron chi connectivity index (χ3n) is 3.48. The van der Waals surface area contributed by atoms with Crippen molar-refractivity contribution in [1.82, 2.24) is 5.32 Å². The number of carbonyl (C=O) groups excluding carboxylic acids is 1. The van der Waals surface area contributed by atoms with Crippen LogP contribution in [-0.2, 0) is 27.4 Å². The van der Waals surface area contributed by atoms with Gasteiger partial charge in [-0.2, -0.15) is 0 Å². The van der Waals surface area contributed by atoms with Crippen molar-refractivity contribution in [3.63, 3.8) is 0 Å². The summed E-state index contributed by atoms with van der Waals surface area (Å²) in [7, 11) is 1.62. The maximum atomic E-state index is 12.1. The lowest BCUT2D eigenvalue weighted by Gasteiger charge is -2.21. The third kappa shape index (κ3) is 7.79. The number of benzene rings is 1. The standard InChI is InChI=1S/C18H27NO4/c1-18(2,3)9-8-15(17(21)22)19-16(20)11-13-6-5-7-14(10-13)12-23-4/h5-7,10,15H,8-9,11-12H2,1-4H3,(H,19,20)(H,21,22). The largest absolute Gasteiger partial charge is 0.480 e. The van der Waals surface area contributed by atoms with E-state index in [1.54, 1.807) is 7.11 Å². The van der Waals surface area contributed by atoms with Crippen molar-refractivity contribution in [3.8, 4) is 0 Å². The Labute approximate surface area is 138 Å². The summed E-state index contributed by atoms with van der Waals surface area (Å²) < 4.78 is 5.07. The Bertz CT molecular complexity index is 534. The average molecular weight is 321 g/mol. The Morgan fingerprint density at radius 1 is 1.26 bits per heavy atom. The van der Waals surface area contributed by atoms with Crippen LogP contribution in [-0.4, -0.2) is 30.1 Å². The molecule has 5 nitrogen and oxygen atoms in total. The van der Waals surface area contributed by atoms with E-state index in [1.165, 1.54) is 0 Å². The highest BCUT2D eigenvalue weighted by Gasteiger charge is 2.22. The first-order valence-electron chi connectivity index (χ1n) is 7.80. The molecule has 0 aliphatic rings. The number of hydrogen-bond donors (Lipinski definition) is 2. The van der Waals surface area contributed by atoms with Crippen LogP contribution in [0.2, 0.25) is 0 Å². The summed E-state index contributed by atoms with van der Waals surface area (Å²) in [6.07, 6.45) is 1.32. The Balaban J connectivity index is 2.62. The number of nitrogens with one attached hydrogen (secondary N) is 1. The molecule has 0 radical (unpaired) electrons. The number of carboxylic acid groups (broad SMARTS) is 1. The van der Waals surface area contributed by atoms with Crippen LogP contribution in [0.15, 0.2) is 24.3 Å². The van der Waals surface area contributed by atoms with Gasteiger partial charge in [-0.1, -0.05) is 45.0 Å². The molecule has 1 rings (SSSR count). The molecule has 0 fully saturated rings. The molecular formula is C18H27NO4. The molecule has 23 heavy (non-hydrogen) atoms. The maximum Gasteiger partial charge on any atom is 0.326 e. The quantitative estimate of drug-likeness (QED) is 0.772. The van der Waals surface area contributed by atoms with Gasteiger partial charge in [0.15, 0.2) is 0 Å². The molecule has 0 saturated carbocycles. The van der Waals surface area contributed by atoms with Crippen LogP contribution >= 0.6 is 0 Å². The fraction of sp³-hybridized carbons (Fsp3) is 0.556. The second-order valence-corrected chi connectivity index (χ2v) is 6.99. The van der Waals surface area contributed by atoms with Crippen molar-refractivity contribution < 1.29 is 19.4 Å². The molecule has 0 spiro atoms. The normalized spacial score (nSPS) is 12.7. The van der Waals surface area contributed by atoms with Crippen molar-refractivity contribution in [3.05, 3.63) is 35.4 Å². The van der Waals surface area contributed by atoms with Crippen LogP contribution in [0.3, 0.4) is 0 Å². The van der Waals surface area contributed by atoms with Gasteiger partial charge in [0.2, 0.25) is 5.91 Å². The van der Waals surface area contributed by atoms with Gasteiger partial charge in [-0.15, -0.1) is 0 Å². The molecule has 1 aromatic carbocycles. The lowest BCUT2D eigenvalue weighted by atomic mass is 9.88. The molecule has 128 valence electrons. The summed E-state index contributed by atoms with van der Waals surface area (Å²) in [4.78, 5) is 23.4. The van der Waals surface area contributed by atoms with E-state index in [2.05, 4.69) is 26.1 Å². The Morgan fingerprint density at radius 2 is 1.91 bits per heavy atom. The van der Waals surface area contributed by atoms with Crippen molar-refractivity contribution in [1.29, 1.82) is 0 Å². The highest BCUT2D eigenvalue weighted by Crippen LogP contribution is 2.21. The molecule has 1 aromatic rings. The maximum absolute atomic E-state index is 12.1. The zero-order chi connectivity index (χ0) is 17.5. The fourth-order valence-corrected chi connectivity index (χ4v) is 2.26. The van der Waals surface area contributed by atoms with Crippen LogP contribution in [0.1, 0.15) is 44.7 Å². The first-order valence-corrected chi connectivity index (χ1v) is 7.80. The first kappa shape index (κ1) is 19.2. The Hall–Kier alpha value is -1.88. The molecule has 0 aromatic heterocycles. The van der Waals surface area contributed by atoms with Crippen LogP contribution in [0, 0.1) is 5.41 Å². The minimum Gasteiger partial charge on any atom is -0.480 e. The van der Waals surface area contributed by atoms with E-state index in [1.807, 2.05) is 24.3 Å². The molecule has 5 heteroatoms. The van der Waals surface area contributed by atoms with Crippen LogP contribution < -0.4 is 5.32 Å². The number of amides is 1. The summed E-state index contributed by atoms with van der Waals surface area (Å²) in [5, 5.41) is 11.9. The summed E-state index contributed by atoms with van der Waals surface area (Å²) in [6.45, 7) is 6.64. The van der Waals surface area contributed by atoms with Crippen molar-refractivity contribution in [2.75, 3.05) is 7.11 Å². The molecule has 0 saturated heterocycles. The van der Waals surface area contributed by atoms with Gasteiger partial charge in [-0.3, -0.25) is 4.79 Å². The van der Waals surface area contributed by atoms with E-state index in [-0.39, 0.29) is 17.7 Å². The van der Waals surface area contributed by atoms with Gasteiger partial charge in [0.1, 0.15) is 6.04 Å². The molecule has 2 N–H and O–H groups in total. The van der Waals surface area contributed by atoms with Gasteiger partial charge >= 0.3 is 5.97 Å². The first-order chi connectivity index (χ1) is 10.7. The predicted molar refractivity (Wildman–Crippen MR) is 89.1 cm³/mol. The number of hydrogen-bond acceptors (Lipinski definition) is 3. The van der Waals surface area contributed by atoms with E-state index in [0.717, 1.165) is 17.5 Å². The topological polar surface area (TPSA) is 75.6 Å². The minimum absolute atomic E-state index is 0.0346. The molecular weight excluding hydrogens is 294 g/mol. The fourth-order valence-electron chi connectivity index (χ4n) is 2.26. The van der Waals surface area contributed by atoms with E-state index < -0.39 is 12.0 Å². The molecule has 1 unspecified atom stereocenters. The van der Waals surface area contributed by atoms with Gasteiger partial charge in [0.05, 0.1) is 13.0 Å². The number of aliphatic carboxylic acids is 1. The zero-order valence-corrected chi connectivity index (χ0v) is 14.4. The molecule has 0 bridgehead atoms. The number of carbonyl (C=O) groups is 2. The van der Waals surface area contributed by atoms with E-state index in [4.69, 9.17) is 4.74 Å². The molecule has 0 heterocycles. The summed E-state index contributed by atoms with van der Waals surface area (Å²) in [5.74, 6) is -1.27. The van der Waals surface area contributed by atoms with Gasteiger partial charge in [-0.25, -0.2) is 4.79 Å². The SMILES string of the molecule is COCc1cccc(CC(=O)NC(CCC(C)(C)C)C(=O)O)c1. The molecule has 1 atom stereocenters. The second kappa shape index (κ2) is 8.67. The molecule has 0 aliphatic carbocycles. The van der Waals surface area contributed by atoms with E-state index in [0.29, 0.717) is 13.0 Å². The minimum atomic E-state index is -0.990. The second-order valence-electron chi connectivity index (χ2n) is 6.99. The summed E-state index contributed by atoms with van der Waals surface area (Å²) >= 11 is 0. The van der Waals surface area contributed by atoms with Crippen molar-refractivity contribution in [2.24, 2.45) is 5.41 Å². The van der Waals surface area contributed by atoms with E-state index in [9.17, 15) is 14.7 Å². The predicted octanol–water partition coefficient (Wildman–Crippen LogP) is 2.77. The van der Waals surface area contributed by atoms with Crippen LogP contribution in [0.25, 0.3) is 0 Å². The number of methoxy groups -OCH3 is 1. The number of ether oxygens (including phenoxy) is 1. The Kier molecular flexibility index (Phi) is 7.23. The number of rotatable bonds is 8. The number of carboxylic acids is 1. The average Bonchev–Trinajstić information content (AvgIpc) is 2.43. The van der Waals surface area contributed by atoms with Crippen molar-refractivity contribution in [2.45, 2.75) is 52.7 Å². The van der Waals surface area contributed by atoms with E-state index >= 15 is 0 Å². The lowest BCUT2D eigenvalue weighted by Crippen LogP contribution is -2.42. The van der Waals surface area contributed by atoms with Gasteiger partial charge < -0.3 is 15.2 Å². The highest BCUT2D eigenvalue weighted by atomic mass is 16.5. The van der Waals surface area contributed by atoms with Gasteiger partial charge in [0, 0.05) is 7.11 Å². The summed E-state index contributed by atoms with van der Waals surface area (Å²) in [5.41, 5.74) is 1.87. The monoisotopic (exact) mass is 321 g/mol. The van der Waals surface area contributed by atoms with Gasteiger partial charge in [0.25, 0.3) is 0 Å². The highest BCUT2D eigenvalue weighted by molar-refractivity contribution is 5.84. The van der Waals surface area contributed by atoms with Crippen LogP contribution in [0.5, 0.6) is 0 Å². The third-order valence-corrected chi connectivity index (χ3v) is 3.48. The van der Waals surface area contributed by atoms with Crippen LogP contribution in [0.4, 0.5) is 0 Å². The Morgan fingerprint density at radius 3 is 2.48 bits per heavy atom. The zero-order valence-electron chi connectivity index (χ0n) is 14.4. The smallest absolute Gasteiger partial charge is 0.326 e. The van der Waals surface area contributed by atoms with Gasteiger partial charge in [-0.05, 0) is 29.4 Å². The molecule has 0 aliphatic heterocycles. The van der Waals surface area contributed by atoms with Crippen molar-refractivity contribution >= 4 is 11.9 Å². The lowest BCUT2D eigenvalue weighted by molar-refractivity contribution is -0.142. The summed E-state index contributed by atoms with van der Waals surface area (Å²) in [6, 6.07) is 6.70. The molecule has 1 amide bonds.